The molecule has 1 aromatic carbocycles. The van der Waals surface area contributed by atoms with Crippen LogP contribution in [0.3, 0.4) is 0 Å². The van der Waals surface area contributed by atoms with Crippen molar-refractivity contribution in [3.8, 4) is 16.9 Å². The summed E-state index contributed by atoms with van der Waals surface area (Å²) in [4.78, 5) is 18.7. The Labute approximate surface area is 162 Å². The van der Waals surface area contributed by atoms with Crippen LogP contribution in [0.5, 0.6) is 5.75 Å². The highest BCUT2D eigenvalue weighted by Gasteiger charge is 2.50. The molecule has 2 atom stereocenters. The molecular weight excluding hydrogens is 364 g/mol. The molecule has 148 valence electrons. The van der Waals surface area contributed by atoms with Gasteiger partial charge in [0.1, 0.15) is 30.4 Å². The predicted molar refractivity (Wildman–Crippen MR) is 101 cm³/mol. The fourth-order valence-corrected chi connectivity index (χ4v) is 4.17. The summed E-state index contributed by atoms with van der Waals surface area (Å²) in [5.74, 6) is 0.174. The minimum Gasteiger partial charge on any atom is -0.491 e. The SMILES string of the molecule is CN1CCC2(CCC(c3cc(-c4cc(OCCF)ccc4F)ccn3)N2)C1=O. The maximum atomic E-state index is 14.4. The smallest absolute Gasteiger partial charge is 0.242 e. The molecule has 2 unspecified atom stereocenters. The number of likely N-dealkylation sites (tertiary alicyclic amines) is 1. The van der Waals surface area contributed by atoms with Crippen molar-refractivity contribution in [2.45, 2.75) is 30.8 Å². The molecule has 3 heterocycles. The Morgan fingerprint density at radius 1 is 1.32 bits per heavy atom. The van der Waals surface area contributed by atoms with Crippen LogP contribution >= 0.6 is 0 Å². The third-order valence-corrected chi connectivity index (χ3v) is 5.67. The number of amides is 1. The first-order valence-electron chi connectivity index (χ1n) is 9.50. The monoisotopic (exact) mass is 387 g/mol. The van der Waals surface area contributed by atoms with Crippen molar-refractivity contribution < 1.29 is 18.3 Å². The molecule has 0 saturated carbocycles. The fraction of sp³-hybridized carbons (Fsp3) is 0.429. The van der Waals surface area contributed by atoms with Gasteiger partial charge >= 0.3 is 0 Å². The van der Waals surface area contributed by atoms with Gasteiger partial charge < -0.3 is 9.64 Å². The Morgan fingerprint density at radius 3 is 2.93 bits per heavy atom. The zero-order chi connectivity index (χ0) is 19.7. The number of hydrogen-bond acceptors (Lipinski definition) is 4. The summed E-state index contributed by atoms with van der Waals surface area (Å²) in [6, 6.07) is 7.91. The van der Waals surface area contributed by atoms with Crippen LogP contribution in [0.15, 0.2) is 36.5 Å². The second-order valence-corrected chi connectivity index (χ2v) is 7.44. The maximum absolute atomic E-state index is 14.4. The number of ether oxygens (including phenoxy) is 1. The Morgan fingerprint density at radius 2 is 2.18 bits per heavy atom. The number of benzene rings is 1. The number of halogens is 2. The van der Waals surface area contributed by atoms with E-state index in [0.717, 1.165) is 31.5 Å². The lowest BCUT2D eigenvalue weighted by Crippen LogP contribution is -2.47. The van der Waals surface area contributed by atoms with Gasteiger partial charge in [0, 0.05) is 25.4 Å². The molecule has 1 aromatic heterocycles. The van der Waals surface area contributed by atoms with E-state index in [1.165, 1.54) is 12.1 Å². The van der Waals surface area contributed by atoms with E-state index in [0.29, 0.717) is 16.9 Å². The number of alkyl halides is 1. The van der Waals surface area contributed by atoms with Crippen molar-refractivity contribution in [2.75, 3.05) is 26.9 Å². The van der Waals surface area contributed by atoms with Gasteiger partial charge in [-0.25, -0.2) is 8.78 Å². The van der Waals surface area contributed by atoms with Crippen molar-refractivity contribution in [1.82, 2.24) is 15.2 Å². The Balaban J connectivity index is 1.58. The molecular formula is C21H23F2N3O2. The summed E-state index contributed by atoms with van der Waals surface area (Å²) in [7, 11) is 1.83. The minimum atomic E-state index is -0.602. The van der Waals surface area contributed by atoms with Gasteiger partial charge in [-0.3, -0.25) is 15.1 Å². The van der Waals surface area contributed by atoms with Crippen LogP contribution in [0, 0.1) is 5.82 Å². The summed E-state index contributed by atoms with van der Waals surface area (Å²) >= 11 is 0. The number of hydrogen-bond donors (Lipinski definition) is 1. The first-order valence-corrected chi connectivity index (χ1v) is 9.50. The van der Waals surface area contributed by atoms with Gasteiger partial charge in [-0.2, -0.15) is 0 Å². The molecule has 2 saturated heterocycles. The Hall–Kier alpha value is -2.54. The molecule has 1 amide bonds. The highest BCUT2D eigenvalue weighted by atomic mass is 19.1. The third kappa shape index (κ3) is 3.35. The van der Waals surface area contributed by atoms with Gasteiger partial charge in [-0.15, -0.1) is 0 Å². The number of rotatable bonds is 5. The maximum Gasteiger partial charge on any atom is 0.242 e. The van der Waals surface area contributed by atoms with Gasteiger partial charge in [-0.1, -0.05) is 0 Å². The van der Waals surface area contributed by atoms with E-state index < -0.39 is 12.2 Å². The number of nitrogens with zero attached hydrogens (tertiary/aromatic N) is 2. The fourth-order valence-electron chi connectivity index (χ4n) is 4.17. The lowest BCUT2D eigenvalue weighted by atomic mass is 9.96. The van der Waals surface area contributed by atoms with Crippen molar-refractivity contribution in [2.24, 2.45) is 0 Å². The summed E-state index contributed by atoms with van der Waals surface area (Å²) in [6.07, 6.45) is 4.02. The zero-order valence-corrected chi connectivity index (χ0v) is 15.8. The first kappa shape index (κ1) is 18.8. The van der Waals surface area contributed by atoms with Crippen molar-refractivity contribution >= 4 is 5.91 Å². The van der Waals surface area contributed by atoms with Crippen LogP contribution in [-0.4, -0.2) is 48.2 Å². The van der Waals surface area contributed by atoms with Gasteiger partial charge in [0.2, 0.25) is 5.91 Å². The second kappa shape index (κ2) is 7.47. The van der Waals surface area contributed by atoms with E-state index in [1.54, 1.807) is 23.2 Å². The summed E-state index contributed by atoms with van der Waals surface area (Å²) in [5, 5.41) is 3.48. The highest BCUT2D eigenvalue weighted by Crippen LogP contribution is 2.39. The summed E-state index contributed by atoms with van der Waals surface area (Å²) in [6.45, 7) is 0.0846. The summed E-state index contributed by atoms with van der Waals surface area (Å²) in [5.41, 5.74) is 1.34. The van der Waals surface area contributed by atoms with E-state index in [9.17, 15) is 13.6 Å². The molecule has 1 N–H and O–H groups in total. The van der Waals surface area contributed by atoms with Crippen LogP contribution in [0.4, 0.5) is 8.78 Å². The Kier molecular flexibility index (Phi) is 5.02. The van der Waals surface area contributed by atoms with Gasteiger partial charge in [0.05, 0.1) is 11.7 Å². The number of nitrogens with one attached hydrogen (secondary N) is 1. The van der Waals surface area contributed by atoms with Crippen LogP contribution in [0.2, 0.25) is 0 Å². The second-order valence-electron chi connectivity index (χ2n) is 7.44. The lowest BCUT2D eigenvalue weighted by molar-refractivity contribution is -0.131. The van der Waals surface area contributed by atoms with Gasteiger partial charge in [0.15, 0.2) is 0 Å². The highest BCUT2D eigenvalue weighted by molar-refractivity contribution is 5.88. The standard InChI is InChI=1S/C21H23F2N3O2/c1-26-10-7-21(20(26)27)6-4-18(25-21)19-12-14(5-9-24-19)16-13-15(28-11-8-22)2-3-17(16)23/h2-3,5,9,12-13,18,25H,4,6-8,10-11H2,1H3. The van der Waals surface area contributed by atoms with Gasteiger partial charge in [-0.05, 0) is 55.2 Å². The van der Waals surface area contributed by atoms with Gasteiger partial charge in [0.25, 0.3) is 0 Å². The average Bonchev–Trinajstić information content (AvgIpc) is 3.27. The van der Waals surface area contributed by atoms with E-state index in [-0.39, 0.29) is 24.4 Å². The molecule has 2 aromatic rings. The predicted octanol–water partition coefficient (Wildman–Crippen LogP) is 3.26. The van der Waals surface area contributed by atoms with Crippen molar-refractivity contribution in [3.05, 3.63) is 48.0 Å². The quantitative estimate of drug-likeness (QED) is 0.856. The number of likely N-dealkylation sites (N-methyl/N-ethyl adjacent to an activating group) is 1. The Bertz CT molecular complexity index is 892. The van der Waals surface area contributed by atoms with Crippen molar-refractivity contribution in [1.29, 1.82) is 0 Å². The molecule has 28 heavy (non-hydrogen) atoms. The first-order chi connectivity index (χ1) is 13.5. The lowest BCUT2D eigenvalue weighted by Gasteiger charge is -2.23. The topological polar surface area (TPSA) is 54.5 Å². The normalized spacial score (nSPS) is 24.3. The minimum absolute atomic E-state index is 0.0515. The van der Waals surface area contributed by atoms with E-state index in [1.807, 2.05) is 13.1 Å². The van der Waals surface area contributed by atoms with E-state index in [4.69, 9.17) is 4.74 Å². The molecule has 7 heteroatoms. The number of pyridine rings is 1. The van der Waals surface area contributed by atoms with Crippen LogP contribution in [0.1, 0.15) is 31.0 Å². The van der Waals surface area contributed by atoms with E-state index in [2.05, 4.69) is 10.3 Å². The largest absolute Gasteiger partial charge is 0.491 e. The van der Waals surface area contributed by atoms with Crippen LogP contribution in [-0.2, 0) is 4.79 Å². The molecule has 5 nitrogen and oxygen atoms in total. The third-order valence-electron chi connectivity index (χ3n) is 5.67. The average molecular weight is 387 g/mol. The molecule has 1 spiro atoms. The molecule has 0 bridgehead atoms. The number of aromatic nitrogens is 1. The summed E-state index contributed by atoms with van der Waals surface area (Å²) < 4.78 is 32.0. The number of carbonyl (C=O) groups is 1. The molecule has 4 rings (SSSR count). The molecule has 0 radical (unpaired) electrons. The zero-order valence-electron chi connectivity index (χ0n) is 15.8. The molecule has 2 aliphatic rings. The number of carbonyl (C=O) groups excluding carboxylic acids is 1. The van der Waals surface area contributed by atoms with Crippen LogP contribution < -0.4 is 10.1 Å². The molecule has 0 aliphatic carbocycles. The molecule has 2 aliphatic heterocycles. The van der Waals surface area contributed by atoms with Crippen molar-refractivity contribution in [3.63, 3.8) is 0 Å². The molecule has 2 fully saturated rings. The van der Waals surface area contributed by atoms with Crippen LogP contribution in [0.25, 0.3) is 11.1 Å². The van der Waals surface area contributed by atoms with E-state index >= 15 is 0 Å².